The van der Waals surface area contributed by atoms with Crippen molar-refractivity contribution >= 4 is 66.4 Å². The highest BCUT2D eigenvalue weighted by Crippen LogP contribution is 2.49. The monoisotopic (exact) mass is 912 g/mol. The Morgan fingerprint density at radius 3 is 0.800 bits per heavy atom. The van der Waals surface area contributed by atoms with E-state index >= 15 is 17.6 Å². The van der Waals surface area contributed by atoms with Gasteiger partial charge in [0, 0.05) is 34.3 Å². The third-order valence-electron chi connectivity index (χ3n) is 13.1. The SMILES string of the molecule is Fc1cc(F)cc(N(c2cc(-c3ccccc3)cc(-c3ccccc3)c2)c2ccc3ccc4c(N(c5cc(F)cc(F)c5)c5cc(-c6ccccc6)cc(-c6ccccc6)c5)ccc5ccc2c3c54)c1. The summed E-state index contributed by atoms with van der Waals surface area (Å²) in [4.78, 5) is 3.86. The molecule has 0 fully saturated rings. The van der Waals surface area contributed by atoms with Gasteiger partial charge >= 0.3 is 0 Å². The maximum absolute atomic E-state index is 15.5. The van der Waals surface area contributed by atoms with Crippen LogP contribution in [-0.4, -0.2) is 0 Å². The highest BCUT2D eigenvalue weighted by Gasteiger charge is 2.25. The standard InChI is InChI=1S/C64H40F4N2/c65-51-35-52(66)38-57(37-51)69(55-31-47(41-13-5-1-6-14-41)29-48(32-55)42-15-7-2-8-16-42)61-27-23-45-22-26-60-62(28-24-46-21-25-59(61)63(45)64(46)60)70(58-39-53(67)36-54(68)40-58)56-33-49(43-17-9-3-10-18-43)30-50(34-56)44-19-11-4-12-20-44/h1-40H. The Labute approximate surface area is 402 Å². The van der Waals surface area contributed by atoms with Gasteiger partial charge in [0.25, 0.3) is 0 Å². The molecule has 6 heteroatoms. The van der Waals surface area contributed by atoms with Crippen LogP contribution in [0.15, 0.2) is 243 Å². The second-order valence-corrected chi connectivity index (χ2v) is 17.5. The molecule has 0 saturated carbocycles. The summed E-state index contributed by atoms with van der Waals surface area (Å²) in [5, 5.41) is 5.42. The quantitative estimate of drug-likeness (QED) is 0.0996. The first-order valence-corrected chi connectivity index (χ1v) is 23.1. The highest BCUT2D eigenvalue weighted by molar-refractivity contribution is 6.28. The van der Waals surface area contributed by atoms with E-state index in [2.05, 4.69) is 109 Å². The molecule has 2 nitrogen and oxygen atoms in total. The Morgan fingerprint density at radius 1 is 0.229 bits per heavy atom. The van der Waals surface area contributed by atoms with Crippen molar-refractivity contribution in [2.75, 3.05) is 9.80 Å². The lowest BCUT2D eigenvalue weighted by Gasteiger charge is -2.30. The van der Waals surface area contributed by atoms with Crippen LogP contribution in [0.2, 0.25) is 0 Å². The highest BCUT2D eigenvalue weighted by atomic mass is 19.1. The maximum atomic E-state index is 15.5. The van der Waals surface area contributed by atoms with Crippen LogP contribution in [0.5, 0.6) is 0 Å². The van der Waals surface area contributed by atoms with Crippen molar-refractivity contribution in [1.82, 2.24) is 0 Å². The lowest BCUT2D eigenvalue weighted by atomic mass is 9.91. The van der Waals surface area contributed by atoms with E-state index in [9.17, 15) is 0 Å². The average Bonchev–Trinajstić information content (AvgIpc) is 3.39. The summed E-state index contributed by atoms with van der Waals surface area (Å²) in [6.45, 7) is 0. The fourth-order valence-electron chi connectivity index (χ4n) is 10.0. The second-order valence-electron chi connectivity index (χ2n) is 17.5. The van der Waals surface area contributed by atoms with E-state index in [1.165, 1.54) is 24.3 Å². The van der Waals surface area contributed by atoms with E-state index in [0.29, 0.717) is 34.1 Å². The van der Waals surface area contributed by atoms with Gasteiger partial charge in [-0.2, -0.15) is 0 Å². The molecule has 0 spiro atoms. The van der Waals surface area contributed by atoms with Crippen molar-refractivity contribution in [3.8, 4) is 44.5 Å². The number of hydrogen-bond donors (Lipinski definition) is 0. The molecule has 0 N–H and O–H groups in total. The molecule has 0 atom stereocenters. The first kappa shape index (κ1) is 42.4. The average molecular weight is 913 g/mol. The van der Waals surface area contributed by atoms with Gasteiger partial charge in [-0.15, -0.1) is 0 Å². The normalized spacial score (nSPS) is 11.4. The first-order valence-electron chi connectivity index (χ1n) is 23.1. The van der Waals surface area contributed by atoms with Gasteiger partial charge in [-0.3, -0.25) is 0 Å². The fourth-order valence-corrected chi connectivity index (χ4v) is 10.0. The molecule has 0 unspecified atom stereocenters. The molecule has 0 aliphatic carbocycles. The Hall–Kier alpha value is -9.00. The van der Waals surface area contributed by atoms with Crippen LogP contribution >= 0.6 is 0 Å². The molecule has 12 aromatic carbocycles. The molecule has 0 bridgehead atoms. The molecule has 0 aliphatic heterocycles. The molecule has 0 aliphatic rings. The van der Waals surface area contributed by atoms with Gasteiger partial charge in [-0.05, 0) is 139 Å². The van der Waals surface area contributed by atoms with E-state index in [1.807, 2.05) is 107 Å². The minimum Gasteiger partial charge on any atom is -0.310 e. The van der Waals surface area contributed by atoms with Gasteiger partial charge in [-0.25, -0.2) is 17.6 Å². The number of rotatable bonds is 10. The summed E-state index contributed by atoms with van der Waals surface area (Å²) in [5.41, 5.74) is 11.1. The summed E-state index contributed by atoms with van der Waals surface area (Å²) in [5.74, 6) is -2.81. The first-order chi connectivity index (χ1) is 34.3. The number of nitrogens with zero attached hydrogens (tertiary/aromatic N) is 2. The Morgan fingerprint density at radius 2 is 0.500 bits per heavy atom. The molecule has 70 heavy (non-hydrogen) atoms. The third-order valence-corrected chi connectivity index (χ3v) is 13.1. The van der Waals surface area contributed by atoms with E-state index in [-0.39, 0.29) is 0 Å². The van der Waals surface area contributed by atoms with Crippen molar-refractivity contribution in [3.63, 3.8) is 0 Å². The number of anilines is 6. The molecular formula is C64H40F4N2. The lowest BCUT2D eigenvalue weighted by molar-refractivity contribution is 0.583. The molecule has 12 rings (SSSR count). The van der Waals surface area contributed by atoms with Crippen LogP contribution in [0, 0.1) is 23.3 Å². The summed E-state index contributed by atoms with van der Waals surface area (Å²) in [6.07, 6.45) is 0. The topological polar surface area (TPSA) is 6.48 Å². The van der Waals surface area contributed by atoms with Crippen LogP contribution in [-0.2, 0) is 0 Å². The van der Waals surface area contributed by atoms with Gasteiger partial charge in [0.1, 0.15) is 23.3 Å². The number of halogens is 4. The molecule has 0 heterocycles. The van der Waals surface area contributed by atoms with Crippen molar-refractivity contribution in [3.05, 3.63) is 266 Å². The summed E-state index contributed by atoms with van der Waals surface area (Å²) >= 11 is 0. The van der Waals surface area contributed by atoms with Gasteiger partial charge in [0.2, 0.25) is 0 Å². The number of benzene rings is 12. The predicted octanol–water partition coefficient (Wildman–Crippen LogP) is 18.7. The van der Waals surface area contributed by atoms with Gasteiger partial charge in [-0.1, -0.05) is 158 Å². The van der Waals surface area contributed by atoms with Gasteiger partial charge in [0.15, 0.2) is 0 Å². The van der Waals surface area contributed by atoms with Crippen LogP contribution in [0.4, 0.5) is 51.7 Å². The summed E-state index contributed by atoms with van der Waals surface area (Å²) < 4.78 is 62.1. The summed E-state index contributed by atoms with van der Waals surface area (Å²) in [6, 6.07) is 76.3. The third kappa shape index (κ3) is 7.85. The van der Waals surface area contributed by atoms with E-state index in [0.717, 1.165) is 89.0 Å². The Kier molecular flexibility index (Phi) is 10.6. The molecular weight excluding hydrogens is 873 g/mol. The molecule has 0 aromatic heterocycles. The Balaban J connectivity index is 1.12. The maximum Gasteiger partial charge on any atom is 0.128 e. The van der Waals surface area contributed by atoms with Crippen LogP contribution in [0.1, 0.15) is 0 Å². The molecule has 334 valence electrons. The largest absolute Gasteiger partial charge is 0.310 e. The molecule has 12 aromatic rings. The van der Waals surface area contributed by atoms with E-state index in [4.69, 9.17) is 0 Å². The smallest absolute Gasteiger partial charge is 0.128 e. The van der Waals surface area contributed by atoms with Crippen molar-refractivity contribution in [2.45, 2.75) is 0 Å². The summed E-state index contributed by atoms with van der Waals surface area (Å²) in [7, 11) is 0. The van der Waals surface area contributed by atoms with Crippen molar-refractivity contribution in [2.24, 2.45) is 0 Å². The number of hydrogen-bond acceptors (Lipinski definition) is 2. The van der Waals surface area contributed by atoms with Crippen molar-refractivity contribution < 1.29 is 17.6 Å². The van der Waals surface area contributed by atoms with Crippen LogP contribution in [0.3, 0.4) is 0 Å². The molecule has 0 radical (unpaired) electrons. The van der Waals surface area contributed by atoms with E-state index in [1.54, 1.807) is 0 Å². The minimum absolute atomic E-state index is 0.310. The minimum atomic E-state index is -0.703. The fraction of sp³-hybridized carbons (Fsp3) is 0. The molecule has 0 amide bonds. The zero-order valence-electron chi connectivity index (χ0n) is 37.5. The van der Waals surface area contributed by atoms with Crippen molar-refractivity contribution in [1.29, 1.82) is 0 Å². The van der Waals surface area contributed by atoms with Crippen LogP contribution < -0.4 is 9.80 Å². The molecule has 0 saturated heterocycles. The zero-order chi connectivity index (χ0) is 47.3. The van der Waals surface area contributed by atoms with Crippen LogP contribution in [0.25, 0.3) is 76.8 Å². The van der Waals surface area contributed by atoms with E-state index < -0.39 is 23.3 Å². The second kappa shape index (κ2) is 17.6. The Bertz CT molecular complexity index is 3470. The van der Waals surface area contributed by atoms with Gasteiger partial charge in [0.05, 0.1) is 22.7 Å². The predicted molar refractivity (Wildman–Crippen MR) is 281 cm³/mol. The van der Waals surface area contributed by atoms with Gasteiger partial charge < -0.3 is 9.80 Å². The lowest BCUT2D eigenvalue weighted by Crippen LogP contribution is -2.12. The zero-order valence-corrected chi connectivity index (χ0v) is 37.5.